The molecule has 0 unspecified atom stereocenters. The fourth-order valence-electron chi connectivity index (χ4n) is 7.36. The Hall–Kier alpha value is -3.23. The van der Waals surface area contributed by atoms with Crippen LogP contribution in [0.5, 0.6) is 0 Å². The minimum Gasteiger partial charge on any atom is -0.481 e. The number of likely N-dealkylation sites (tertiary alicyclic amines) is 1. The number of amides is 1. The number of hydrogen-bond acceptors (Lipinski definition) is 4. The van der Waals surface area contributed by atoms with Crippen molar-refractivity contribution in [2.75, 3.05) is 6.54 Å². The van der Waals surface area contributed by atoms with Gasteiger partial charge in [0.2, 0.25) is 5.91 Å². The SMILES string of the molecule is CC1(C(=O)N2CC[C@]3(S(=O)(=O)c4ccc(F)cc4)c4ccc(C(F)(C(F)(F)F)C(F)(F)F)cc4CC[C@H]23)CCC(C(=O)O)CC1. The van der Waals surface area contributed by atoms with Gasteiger partial charge in [-0.05, 0) is 80.3 Å². The fraction of sp³-hybridized carbons (Fsp3) is 0.533. The Bertz CT molecular complexity index is 1600. The summed E-state index contributed by atoms with van der Waals surface area (Å²) < 4.78 is 137. The smallest absolute Gasteiger partial charge is 0.435 e. The Morgan fingerprint density at radius 2 is 1.47 bits per heavy atom. The molecule has 45 heavy (non-hydrogen) atoms. The number of alkyl halides is 7. The highest BCUT2D eigenvalue weighted by Gasteiger charge is 2.74. The van der Waals surface area contributed by atoms with E-state index in [2.05, 4.69) is 0 Å². The molecule has 246 valence electrons. The summed E-state index contributed by atoms with van der Waals surface area (Å²) in [5.74, 6) is -2.84. The van der Waals surface area contributed by atoms with E-state index in [0.29, 0.717) is 6.07 Å². The molecule has 2 aliphatic carbocycles. The highest BCUT2D eigenvalue weighted by molar-refractivity contribution is 7.92. The summed E-state index contributed by atoms with van der Waals surface area (Å²) in [7, 11) is -4.61. The molecule has 2 fully saturated rings. The van der Waals surface area contributed by atoms with Gasteiger partial charge in [-0.15, -0.1) is 0 Å². The van der Waals surface area contributed by atoms with E-state index in [-0.39, 0.29) is 73.6 Å². The zero-order chi connectivity index (χ0) is 33.4. The number of halogens is 8. The Morgan fingerprint density at radius 1 is 0.889 bits per heavy atom. The predicted molar refractivity (Wildman–Crippen MR) is 143 cm³/mol. The summed E-state index contributed by atoms with van der Waals surface area (Å²) >= 11 is 0. The lowest BCUT2D eigenvalue weighted by Crippen LogP contribution is -2.55. The van der Waals surface area contributed by atoms with Crippen molar-refractivity contribution in [2.45, 2.75) is 85.6 Å². The van der Waals surface area contributed by atoms with Crippen molar-refractivity contribution in [2.24, 2.45) is 11.3 Å². The maximum absolute atomic E-state index is 15.0. The number of aliphatic carboxylic acids is 1. The van der Waals surface area contributed by atoms with Crippen molar-refractivity contribution in [1.29, 1.82) is 0 Å². The quantitative estimate of drug-likeness (QED) is 0.286. The molecule has 2 aromatic carbocycles. The molecule has 3 aliphatic rings. The van der Waals surface area contributed by atoms with Crippen LogP contribution < -0.4 is 0 Å². The number of rotatable bonds is 5. The second kappa shape index (κ2) is 10.7. The maximum Gasteiger partial charge on any atom is 0.435 e. The van der Waals surface area contributed by atoms with Gasteiger partial charge < -0.3 is 10.0 Å². The van der Waals surface area contributed by atoms with Crippen LogP contribution in [0.15, 0.2) is 47.4 Å². The maximum atomic E-state index is 15.0. The molecule has 5 rings (SSSR count). The van der Waals surface area contributed by atoms with Crippen LogP contribution in [0.25, 0.3) is 0 Å². The normalized spacial score (nSPS) is 27.5. The lowest BCUT2D eigenvalue weighted by atomic mass is 9.70. The van der Waals surface area contributed by atoms with Gasteiger partial charge in [0.15, 0.2) is 9.84 Å². The van der Waals surface area contributed by atoms with Crippen molar-refractivity contribution in [3.05, 3.63) is 65.0 Å². The molecule has 0 bridgehead atoms. The molecule has 0 radical (unpaired) electrons. The first-order valence-corrected chi connectivity index (χ1v) is 15.7. The summed E-state index contributed by atoms with van der Waals surface area (Å²) in [5.41, 5.74) is -8.92. The fourth-order valence-corrected chi connectivity index (χ4v) is 9.73. The monoisotopic (exact) mass is 667 g/mol. The summed E-state index contributed by atoms with van der Waals surface area (Å²) in [6, 6.07) is 4.06. The van der Waals surface area contributed by atoms with Crippen LogP contribution in [0, 0.1) is 17.2 Å². The summed E-state index contributed by atoms with van der Waals surface area (Å²) in [5, 5.41) is 9.38. The molecular formula is C30H29F8NO5S. The summed E-state index contributed by atoms with van der Waals surface area (Å²) in [4.78, 5) is 26.5. The largest absolute Gasteiger partial charge is 0.481 e. The van der Waals surface area contributed by atoms with Crippen LogP contribution in [0.1, 0.15) is 62.1 Å². The molecule has 1 saturated heterocycles. The van der Waals surface area contributed by atoms with E-state index in [4.69, 9.17) is 0 Å². The van der Waals surface area contributed by atoms with E-state index in [1.54, 1.807) is 6.92 Å². The minimum absolute atomic E-state index is 0.138. The standard InChI is InChI=1S/C30H29F8NO5S/c1-26(12-10-17(11-13-26)24(40)41)25(42)39-15-14-27(45(43,44)21-6-4-20(31)5-7-21)22-8-3-19(16-18(22)2-9-23(27)39)28(32,29(33,34)35)30(36,37)38/h3-8,16-17,23H,2,9-15H2,1H3,(H,40,41)/t17?,23-,26?,27-/m0/s1. The third-order valence-corrected chi connectivity index (χ3v) is 12.4. The van der Waals surface area contributed by atoms with Crippen LogP contribution in [0.2, 0.25) is 0 Å². The number of benzene rings is 2. The Kier molecular flexibility index (Phi) is 7.85. The van der Waals surface area contributed by atoms with Gasteiger partial charge in [-0.25, -0.2) is 17.2 Å². The number of fused-ring (bicyclic) bond motifs is 3. The van der Waals surface area contributed by atoms with Gasteiger partial charge in [-0.2, -0.15) is 26.3 Å². The molecule has 1 saturated carbocycles. The van der Waals surface area contributed by atoms with E-state index in [1.807, 2.05) is 0 Å². The number of aryl methyl sites for hydroxylation is 1. The topological polar surface area (TPSA) is 91.8 Å². The van der Waals surface area contributed by atoms with Crippen LogP contribution >= 0.6 is 0 Å². The van der Waals surface area contributed by atoms with Crippen molar-refractivity contribution in [3.63, 3.8) is 0 Å². The van der Waals surface area contributed by atoms with Crippen molar-refractivity contribution >= 4 is 21.7 Å². The molecule has 0 aromatic heterocycles. The van der Waals surface area contributed by atoms with Gasteiger partial charge in [-0.3, -0.25) is 9.59 Å². The van der Waals surface area contributed by atoms with E-state index in [9.17, 15) is 53.8 Å². The second-order valence-corrected chi connectivity index (χ2v) is 14.6. The second-order valence-electron chi connectivity index (χ2n) is 12.3. The minimum atomic E-state index is -6.37. The van der Waals surface area contributed by atoms with Gasteiger partial charge in [0.05, 0.1) is 16.9 Å². The van der Waals surface area contributed by atoms with Crippen LogP contribution in [0.3, 0.4) is 0 Å². The van der Waals surface area contributed by atoms with E-state index in [1.165, 1.54) is 4.90 Å². The van der Waals surface area contributed by atoms with Crippen molar-refractivity contribution in [1.82, 2.24) is 4.90 Å². The molecule has 1 N–H and O–H groups in total. The van der Waals surface area contributed by atoms with Gasteiger partial charge in [0.1, 0.15) is 10.6 Å². The first-order chi connectivity index (χ1) is 20.7. The third kappa shape index (κ3) is 4.91. The van der Waals surface area contributed by atoms with Gasteiger partial charge in [0.25, 0.3) is 0 Å². The Morgan fingerprint density at radius 3 is 2.00 bits per heavy atom. The van der Waals surface area contributed by atoms with Crippen LogP contribution in [-0.4, -0.2) is 55.2 Å². The van der Waals surface area contributed by atoms with Crippen LogP contribution in [-0.2, 0) is 36.3 Å². The van der Waals surface area contributed by atoms with E-state index < -0.39 is 73.2 Å². The number of carboxylic acids is 1. The van der Waals surface area contributed by atoms with Gasteiger partial charge >= 0.3 is 24.0 Å². The molecular weight excluding hydrogens is 638 g/mol. The summed E-state index contributed by atoms with van der Waals surface area (Å²) in [6.45, 7) is 1.52. The highest BCUT2D eigenvalue weighted by atomic mass is 32.2. The number of carbonyl (C=O) groups excluding carboxylic acids is 1. The molecule has 2 atom stereocenters. The van der Waals surface area contributed by atoms with Crippen LogP contribution in [0.4, 0.5) is 35.1 Å². The van der Waals surface area contributed by atoms with E-state index in [0.717, 1.165) is 30.3 Å². The molecule has 0 spiro atoms. The molecule has 1 aliphatic heterocycles. The molecule has 1 heterocycles. The first kappa shape index (κ1) is 33.1. The number of nitrogens with zero attached hydrogens (tertiary/aromatic N) is 1. The molecule has 1 amide bonds. The average molecular weight is 668 g/mol. The van der Waals surface area contributed by atoms with E-state index >= 15 is 4.39 Å². The molecule has 6 nitrogen and oxygen atoms in total. The third-order valence-electron chi connectivity index (χ3n) is 9.88. The Balaban J connectivity index is 1.64. The molecule has 15 heteroatoms. The number of sulfone groups is 1. The molecule has 2 aromatic rings. The number of carbonyl (C=O) groups is 2. The number of hydrogen-bond donors (Lipinski definition) is 1. The van der Waals surface area contributed by atoms with Crippen molar-refractivity contribution < 1.29 is 58.2 Å². The lowest BCUT2D eigenvalue weighted by molar-refractivity contribution is -0.348. The highest BCUT2D eigenvalue weighted by Crippen LogP contribution is 2.57. The predicted octanol–water partition coefficient (Wildman–Crippen LogP) is 6.61. The summed E-state index contributed by atoms with van der Waals surface area (Å²) in [6.07, 6.45) is -12.7. The zero-order valence-electron chi connectivity index (χ0n) is 23.8. The van der Waals surface area contributed by atoms with Crippen molar-refractivity contribution in [3.8, 4) is 0 Å². The number of carboxylic acid groups (broad SMARTS) is 1. The zero-order valence-corrected chi connectivity index (χ0v) is 24.6. The first-order valence-electron chi connectivity index (χ1n) is 14.2. The average Bonchev–Trinajstić information content (AvgIpc) is 3.37. The lowest BCUT2D eigenvalue weighted by Gasteiger charge is -2.45. The van der Waals surface area contributed by atoms with Gasteiger partial charge in [-0.1, -0.05) is 25.1 Å². The Labute approximate surface area is 253 Å². The van der Waals surface area contributed by atoms with Gasteiger partial charge in [0, 0.05) is 17.5 Å².